The first-order valence-corrected chi connectivity index (χ1v) is 10.9. The number of guanidine groups is 1. The van der Waals surface area contributed by atoms with Crippen LogP contribution in [0.25, 0.3) is 0 Å². The van der Waals surface area contributed by atoms with Crippen LogP contribution in [0.5, 0.6) is 0 Å². The van der Waals surface area contributed by atoms with Gasteiger partial charge in [0.05, 0.1) is 19.8 Å². The van der Waals surface area contributed by atoms with Gasteiger partial charge in [-0.25, -0.2) is 0 Å². The molecule has 0 bridgehead atoms. The SMILES string of the molecule is CC(NC1(CN=C(N)NCCCN2CCOCC2)CCOCC1)c1ccccc1.I. The Kier molecular flexibility index (Phi) is 11.4. The number of nitrogens with two attached hydrogens (primary N) is 1. The summed E-state index contributed by atoms with van der Waals surface area (Å²) >= 11 is 0. The third-order valence-corrected chi connectivity index (χ3v) is 5.89. The summed E-state index contributed by atoms with van der Waals surface area (Å²) in [4.78, 5) is 7.12. The molecule has 0 aromatic heterocycles. The zero-order chi connectivity index (χ0) is 20.4. The lowest BCUT2D eigenvalue weighted by Crippen LogP contribution is -2.53. The van der Waals surface area contributed by atoms with Gasteiger partial charge in [-0.1, -0.05) is 30.3 Å². The Labute approximate surface area is 198 Å². The van der Waals surface area contributed by atoms with Crippen molar-refractivity contribution in [3.63, 3.8) is 0 Å². The second-order valence-electron chi connectivity index (χ2n) is 8.11. The van der Waals surface area contributed by atoms with Gasteiger partial charge in [0.1, 0.15) is 0 Å². The normalized spacial score (nSPS) is 20.9. The van der Waals surface area contributed by atoms with Crippen LogP contribution in [0.1, 0.15) is 37.8 Å². The Morgan fingerprint density at radius 2 is 1.80 bits per heavy atom. The third kappa shape index (κ3) is 8.30. The van der Waals surface area contributed by atoms with Gasteiger partial charge >= 0.3 is 0 Å². The largest absolute Gasteiger partial charge is 0.381 e. The van der Waals surface area contributed by atoms with Crippen molar-refractivity contribution in [3.05, 3.63) is 35.9 Å². The maximum Gasteiger partial charge on any atom is 0.188 e. The van der Waals surface area contributed by atoms with Crippen LogP contribution in [-0.4, -0.2) is 75.5 Å². The van der Waals surface area contributed by atoms with E-state index in [-0.39, 0.29) is 35.6 Å². The van der Waals surface area contributed by atoms with Gasteiger partial charge in [0.2, 0.25) is 0 Å². The number of hydrogen-bond donors (Lipinski definition) is 3. The molecule has 3 rings (SSSR count). The molecule has 0 amide bonds. The highest BCUT2D eigenvalue weighted by molar-refractivity contribution is 14.0. The molecule has 1 aromatic rings. The molecule has 1 unspecified atom stereocenters. The number of nitrogens with one attached hydrogen (secondary N) is 2. The van der Waals surface area contributed by atoms with Gasteiger partial charge in [0.25, 0.3) is 0 Å². The van der Waals surface area contributed by atoms with Crippen molar-refractivity contribution in [2.75, 3.05) is 59.2 Å². The molecule has 170 valence electrons. The number of ether oxygens (including phenoxy) is 2. The zero-order valence-corrected chi connectivity index (χ0v) is 20.5. The Morgan fingerprint density at radius 3 is 2.50 bits per heavy atom. The molecule has 0 radical (unpaired) electrons. The number of morpholine rings is 1. The highest BCUT2D eigenvalue weighted by atomic mass is 127. The average Bonchev–Trinajstić information content (AvgIpc) is 2.77. The van der Waals surface area contributed by atoms with E-state index in [1.165, 1.54) is 5.56 Å². The van der Waals surface area contributed by atoms with Crippen molar-refractivity contribution >= 4 is 29.9 Å². The topological polar surface area (TPSA) is 84.1 Å². The van der Waals surface area contributed by atoms with Crippen molar-refractivity contribution in [2.45, 2.75) is 37.8 Å². The fourth-order valence-corrected chi connectivity index (χ4v) is 4.03. The summed E-state index contributed by atoms with van der Waals surface area (Å²) in [6.45, 7) is 10.1. The van der Waals surface area contributed by atoms with Crippen LogP contribution in [-0.2, 0) is 9.47 Å². The molecule has 0 aliphatic carbocycles. The van der Waals surface area contributed by atoms with E-state index in [2.05, 4.69) is 57.8 Å². The van der Waals surface area contributed by atoms with Crippen LogP contribution in [0, 0.1) is 0 Å². The van der Waals surface area contributed by atoms with Crippen molar-refractivity contribution in [2.24, 2.45) is 10.7 Å². The van der Waals surface area contributed by atoms with Crippen LogP contribution >= 0.6 is 24.0 Å². The van der Waals surface area contributed by atoms with E-state index in [0.717, 1.165) is 71.9 Å². The van der Waals surface area contributed by atoms with E-state index in [4.69, 9.17) is 15.2 Å². The minimum absolute atomic E-state index is 0. The van der Waals surface area contributed by atoms with Crippen LogP contribution < -0.4 is 16.4 Å². The van der Waals surface area contributed by atoms with Gasteiger partial charge in [-0.3, -0.25) is 9.89 Å². The fourth-order valence-electron chi connectivity index (χ4n) is 4.03. The molecule has 7 nitrogen and oxygen atoms in total. The lowest BCUT2D eigenvalue weighted by atomic mass is 9.88. The summed E-state index contributed by atoms with van der Waals surface area (Å²) in [6.07, 6.45) is 2.94. The number of halogens is 1. The number of aliphatic imine (C=N–C) groups is 1. The first kappa shape index (κ1) is 25.3. The van der Waals surface area contributed by atoms with Crippen LogP contribution in [0.4, 0.5) is 0 Å². The highest BCUT2D eigenvalue weighted by Crippen LogP contribution is 2.25. The molecule has 0 spiro atoms. The fraction of sp³-hybridized carbons (Fsp3) is 0.682. The summed E-state index contributed by atoms with van der Waals surface area (Å²) in [6, 6.07) is 10.8. The first-order valence-electron chi connectivity index (χ1n) is 10.9. The lowest BCUT2D eigenvalue weighted by molar-refractivity contribution is 0.0374. The van der Waals surface area contributed by atoms with Crippen molar-refractivity contribution in [1.82, 2.24) is 15.5 Å². The lowest BCUT2D eigenvalue weighted by Gasteiger charge is -2.39. The molecule has 2 aliphatic heterocycles. The van der Waals surface area contributed by atoms with E-state index >= 15 is 0 Å². The Balaban J connectivity index is 0.00000320. The predicted octanol–water partition coefficient (Wildman–Crippen LogP) is 2.13. The Morgan fingerprint density at radius 1 is 1.13 bits per heavy atom. The first-order chi connectivity index (χ1) is 14.2. The third-order valence-electron chi connectivity index (χ3n) is 5.89. The van der Waals surface area contributed by atoms with Gasteiger partial charge in [-0.2, -0.15) is 0 Å². The summed E-state index contributed by atoms with van der Waals surface area (Å²) < 4.78 is 11.0. The quantitative estimate of drug-likeness (QED) is 0.196. The molecule has 0 saturated carbocycles. The minimum atomic E-state index is -0.0758. The van der Waals surface area contributed by atoms with Crippen molar-refractivity contribution in [3.8, 4) is 0 Å². The molecule has 1 aromatic carbocycles. The predicted molar refractivity (Wildman–Crippen MR) is 133 cm³/mol. The summed E-state index contributed by atoms with van der Waals surface area (Å²) in [7, 11) is 0. The summed E-state index contributed by atoms with van der Waals surface area (Å²) in [5.41, 5.74) is 7.37. The molecular weight excluding hydrogens is 493 g/mol. The van der Waals surface area contributed by atoms with Gasteiger partial charge in [0, 0.05) is 44.4 Å². The van der Waals surface area contributed by atoms with Gasteiger partial charge in [-0.15, -0.1) is 24.0 Å². The van der Waals surface area contributed by atoms with Gasteiger partial charge in [0.15, 0.2) is 5.96 Å². The molecule has 2 heterocycles. The average molecular weight is 531 g/mol. The number of hydrogen-bond acceptors (Lipinski definition) is 5. The Hall–Kier alpha value is -0.940. The highest BCUT2D eigenvalue weighted by Gasteiger charge is 2.33. The van der Waals surface area contributed by atoms with Crippen molar-refractivity contribution in [1.29, 1.82) is 0 Å². The van der Waals surface area contributed by atoms with E-state index in [1.54, 1.807) is 0 Å². The zero-order valence-electron chi connectivity index (χ0n) is 18.1. The van der Waals surface area contributed by atoms with Crippen LogP contribution in [0.2, 0.25) is 0 Å². The number of benzene rings is 1. The maximum atomic E-state index is 6.16. The monoisotopic (exact) mass is 531 g/mol. The number of rotatable bonds is 9. The molecule has 8 heteroatoms. The summed E-state index contributed by atoms with van der Waals surface area (Å²) in [5, 5.41) is 7.10. The maximum absolute atomic E-state index is 6.16. The minimum Gasteiger partial charge on any atom is -0.381 e. The van der Waals surface area contributed by atoms with E-state index in [0.29, 0.717) is 12.5 Å². The van der Waals surface area contributed by atoms with Gasteiger partial charge < -0.3 is 25.8 Å². The van der Waals surface area contributed by atoms with Crippen molar-refractivity contribution < 1.29 is 9.47 Å². The second-order valence-corrected chi connectivity index (χ2v) is 8.11. The molecule has 30 heavy (non-hydrogen) atoms. The van der Waals surface area contributed by atoms with E-state index in [1.807, 2.05) is 0 Å². The smallest absolute Gasteiger partial charge is 0.188 e. The Bertz CT molecular complexity index is 619. The standard InChI is InChI=1S/C22H37N5O2.HI/c1-19(20-6-3-2-4-7-20)26-22(8-14-28-15-9-22)18-25-21(23)24-10-5-11-27-12-16-29-17-13-27;/h2-4,6-7,19,26H,5,8-18H2,1H3,(H3,23,24,25);1H. The van der Waals surface area contributed by atoms with Crippen LogP contribution in [0.3, 0.4) is 0 Å². The van der Waals surface area contributed by atoms with Crippen LogP contribution in [0.15, 0.2) is 35.3 Å². The molecule has 2 fully saturated rings. The molecule has 1 atom stereocenters. The van der Waals surface area contributed by atoms with E-state index in [9.17, 15) is 0 Å². The summed E-state index contributed by atoms with van der Waals surface area (Å²) in [5.74, 6) is 0.534. The molecule has 2 saturated heterocycles. The molecular formula is C22H38IN5O2. The van der Waals surface area contributed by atoms with Gasteiger partial charge in [-0.05, 0) is 38.3 Å². The second kappa shape index (κ2) is 13.5. The number of nitrogens with zero attached hydrogens (tertiary/aromatic N) is 2. The molecule has 2 aliphatic rings. The van der Waals surface area contributed by atoms with E-state index < -0.39 is 0 Å². The molecule has 4 N–H and O–H groups in total.